The molecule has 0 spiro atoms. The summed E-state index contributed by atoms with van der Waals surface area (Å²) in [4.78, 5) is 12.0. The van der Waals surface area contributed by atoms with Crippen molar-refractivity contribution in [3.63, 3.8) is 0 Å². The van der Waals surface area contributed by atoms with Gasteiger partial charge in [-0.15, -0.1) is 10.2 Å². The number of hydrogen-bond donors (Lipinski definition) is 2. The molecule has 2 aromatic rings. The van der Waals surface area contributed by atoms with Crippen molar-refractivity contribution in [3.05, 3.63) is 47.4 Å². The van der Waals surface area contributed by atoms with Gasteiger partial charge in [0.15, 0.2) is 0 Å². The second kappa shape index (κ2) is 8.01. The zero-order valence-corrected chi connectivity index (χ0v) is 14.0. The Kier molecular flexibility index (Phi) is 6.03. The molecule has 2 unspecified atom stereocenters. The first kappa shape index (κ1) is 18.1. The van der Waals surface area contributed by atoms with Gasteiger partial charge in [-0.3, -0.25) is 4.79 Å². The van der Waals surface area contributed by atoms with Crippen molar-refractivity contribution < 1.29 is 18.7 Å². The third-order valence-corrected chi connectivity index (χ3v) is 3.62. The van der Waals surface area contributed by atoms with Gasteiger partial charge in [0.05, 0.1) is 12.1 Å². The second-order valence-corrected chi connectivity index (χ2v) is 6.04. The quantitative estimate of drug-likeness (QED) is 0.811. The molecule has 0 radical (unpaired) electrons. The fourth-order valence-electron chi connectivity index (χ4n) is 2.18. The van der Waals surface area contributed by atoms with Crippen molar-refractivity contribution in [2.24, 2.45) is 0 Å². The van der Waals surface area contributed by atoms with Crippen LogP contribution in [-0.2, 0) is 11.2 Å². The third-order valence-electron chi connectivity index (χ3n) is 3.62. The molecule has 0 saturated heterocycles. The number of nitrogens with zero attached hydrogens (tertiary/aromatic N) is 2. The molecule has 0 aliphatic rings. The van der Waals surface area contributed by atoms with Crippen LogP contribution in [0.3, 0.4) is 0 Å². The van der Waals surface area contributed by atoms with Gasteiger partial charge in [-0.25, -0.2) is 4.39 Å². The number of carbonyl (C=O) groups is 1. The fraction of sp³-hybridized carbons (Fsp3) is 0.471. The largest absolute Gasteiger partial charge is 0.425 e. The van der Waals surface area contributed by atoms with Gasteiger partial charge in [-0.1, -0.05) is 26.0 Å². The van der Waals surface area contributed by atoms with Crippen molar-refractivity contribution >= 4 is 5.91 Å². The van der Waals surface area contributed by atoms with Gasteiger partial charge in [-0.05, 0) is 24.6 Å². The summed E-state index contributed by atoms with van der Waals surface area (Å²) in [5, 5.41) is 20.7. The SMILES string of the molecule is CC(C)c1nnc(CCC(=O)NC(C)C(O)c2ccc(F)cc2)o1. The number of hydrogen-bond acceptors (Lipinski definition) is 5. The van der Waals surface area contributed by atoms with Crippen molar-refractivity contribution in [1.82, 2.24) is 15.5 Å². The Morgan fingerprint density at radius 3 is 2.50 bits per heavy atom. The Balaban J connectivity index is 1.83. The highest BCUT2D eigenvalue weighted by Gasteiger charge is 2.19. The molecule has 2 N–H and O–H groups in total. The average Bonchev–Trinajstić information content (AvgIpc) is 3.02. The number of nitrogens with one attached hydrogen (secondary N) is 1. The molecule has 24 heavy (non-hydrogen) atoms. The van der Waals surface area contributed by atoms with Crippen molar-refractivity contribution in [2.75, 3.05) is 0 Å². The van der Waals surface area contributed by atoms with Crippen LogP contribution < -0.4 is 5.32 Å². The lowest BCUT2D eigenvalue weighted by Crippen LogP contribution is -2.37. The molecule has 0 aliphatic heterocycles. The van der Waals surface area contributed by atoms with Gasteiger partial charge < -0.3 is 14.8 Å². The molecular weight excluding hydrogens is 313 g/mol. The smallest absolute Gasteiger partial charge is 0.220 e. The summed E-state index contributed by atoms with van der Waals surface area (Å²) >= 11 is 0. The van der Waals surface area contributed by atoms with E-state index in [-0.39, 0.29) is 24.1 Å². The predicted octanol–water partition coefficient (Wildman–Crippen LogP) is 2.50. The normalized spacial score (nSPS) is 13.8. The van der Waals surface area contributed by atoms with Gasteiger partial charge in [0.2, 0.25) is 17.7 Å². The van der Waals surface area contributed by atoms with Gasteiger partial charge in [0.1, 0.15) is 5.82 Å². The summed E-state index contributed by atoms with van der Waals surface area (Å²) in [5.74, 6) is 0.507. The highest BCUT2D eigenvalue weighted by atomic mass is 19.1. The lowest BCUT2D eigenvalue weighted by molar-refractivity contribution is -0.122. The number of benzene rings is 1. The van der Waals surface area contributed by atoms with E-state index in [0.717, 1.165) is 0 Å². The van der Waals surface area contributed by atoms with E-state index in [4.69, 9.17) is 4.42 Å². The monoisotopic (exact) mass is 335 g/mol. The van der Waals surface area contributed by atoms with Crippen LogP contribution in [0.4, 0.5) is 4.39 Å². The molecule has 6 nitrogen and oxygen atoms in total. The number of aliphatic hydroxyl groups is 1. The molecule has 0 bridgehead atoms. The van der Waals surface area contributed by atoms with E-state index in [1.165, 1.54) is 24.3 Å². The maximum atomic E-state index is 12.9. The zero-order valence-electron chi connectivity index (χ0n) is 14.0. The number of rotatable bonds is 7. The number of aryl methyl sites for hydroxylation is 1. The maximum Gasteiger partial charge on any atom is 0.220 e. The minimum absolute atomic E-state index is 0.144. The van der Waals surface area contributed by atoms with Crippen molar-refractivity contribution in [1.29, 1.82) is 0 Å². The topological polar surface area (TPSA) is 88.2 Å². The molecule has 1 heterocycles. The van der Waals surface area contributed by atoms with Crippen LogP contribution in [-0.4, -0.2) is 27.3 Å². The second-order valence-electron chi connectivity index (χ2n) is 6.04. The van der Waals surface area contributed by atoms with E-state index in [1.807, 2.05) is 13.8 Å². The number of aliphatic hydroxyl groups excluding tert-OH is 1. The van der Waals surface area contributed by atoms with Crippen LogP contribution in [0.15, 0.2) is 28.7 Å². The number of halogens is 1. The summed E-state index contributed by atoms with van der Waals surface area (Å²) in [6, 6.07) is 5.03. The van der Waals surface area contributed by atoms with Crippen LogP contribution >= 0.6 is 0 Å². The Morgan fingerprint density at radius 2 is 1.92 bits per heavy atom. The van der Waals surface area contributed by atoms with E-state index >= 15 is 0 Å². The number of amides is 1. The summed E-state index contributed by atoms with van der Waals surface area (Å²) in [5.41, 5.74) is 0.544. The van der Waals surface area contributed by atoms with Gasteiger partial charge in [-0.2, -0.15) is 0 Å². The summed E-state index contributed by atoms with van der Waals surface area (Å²) in [7, 11) is 0. The van der Waals surface area contributed by atoms with E-state index in [0.29, 0.717) is 23.8 Å². The third kappa shape index (κ3) is 4.86. The Labute approximate surface area is 140 Å². The molecule has 1 aromatic heterocycles. The molecule has 0 saturated carbocycles. The molecule has 2 rings (SSSR count). The molecule has 0 fully saturated rings. The van der Waals surface area contributed by atoms with Crippen LogP contribution in [0.25, 0.3) is 0 Å². The lowest BCUT2D eigenvalue weighted by Gasteiger charge is -2.20. The van der Waals surface area contributed by atoms with Gasteiger partial charge >= 0.3 is 0 Å². The van der Waals surface area contributed by atoms with Gasteiger partial charge in [0, 0.05) is 18.8 Å². The van der Waals surface area contributed by atoms with Crippen LogP contribution in [0.1, 0.15) is 56.6 Å². The Bertz CT molecular complexity index is 670. The Morgan fingerprint density at radius 1 is 1.25 bits per heavy atom. The van der Waals surface area contributed by atoms with E-state index < -0.39 is 12.1 Å². The standard InChI is InChI=1S/C17H22FN3O3/c1-10(2)17-21-20-15(24-17)9-8-14(22)19-11(3)16(23)12-4-6-13(18)7-5-12/h4-7,10-11,16,23H,8-9H2,1-3H3,(H,19,22). The van der Waals surface area contributed by atoms with Gasteiger partial charge in [0.25, 0.3) is 0 Å². The van der Waals surface area contributed by atoms with Crippen LogP contribution in [0, 0.1) is 5.82 Å². The van der Waals surface area contributed by atoms with Crippen molar-refractivity contribution in [2.45, 2.75) is 51.7 Å². The summed E-state index contributed by atoms with van der Waals surface area (Å²) in [6.45, 7) is 5.58. The minimum Gasteiger partial charge on any atom is -0.425 e. The maximum absolute atomic E-state index is 12.9. The Hall–Kier alpha value is -2.28. The molecule has 2 atom stereocenters. The molecule has 130 valence electrons. The highest BCUT2D eigenvalue weighted by molar-refractivity contribution is 5.76. The fourth-order valence-corrected chi connectivity index (χ4v) is 2.18. The van der Waals surface area contributed by atoms with Crippen LogP contribution in [0.2, 0.25) is 0 Å². The predicted molar refractivity (Wildman–Crippen MR) is 85.7 cm³/mol. The first-order valence-electron chi connectivity index (χ1n) is 7.92. The zero-order chi connectivity index (χ0) is 17.7. The first-order chi connectivity index (χ1) is 11.4. The minimum atomic E-state index is -0.912. The molecule has 7 heteroatoms. The summed E-state index contributed by atoms with van der Waals surface area (Å²) < 4.78 is 18.3. The lowest BCUT2D eigenvalue weighted by atomic mass is 10.0. The highest BCUT2D eigenvalue weighted by Crippen LogP contribution is 2.17. The van der Waals surface area contributed by atoms with Crippen molar-refractivity contribution in [3.8, 4) is 0 Å². The molecule has 1 amide bonds. The number of aromatic nitrogens is 2. The molecular formula is C17H22FN3O3. The van der Waals surface area contributed by atoms with E-state index in [2.05, 4.69) is 15.5 Å². The molecule has 1 aromatic carbocycles. The van der Waals surface area contributed by atoms with E-state index in [9.17, 15) is 14.3 Å². The van der Waals surface area contributed by atoms with E-state index in [1.54, 1.807) is 6.92 Å². The average molecular weight is 335 g/mol. The summed E-state index contributed by atoms with van der Waals surface area (Å²) in [6.07, 6.45) is -0.393. The number of carbonyl (C=O) groups excluding carboxylic acids is 1. The van der Waals surface area contributed by atoms with Crippen LogP contribution in [0.5, 0.6) is 0 Å². The first-order valence-corrected chi connectivity index (χ1v) is 7.92. The molecule has 0 aliphatic carbocycles.